The lowest BCUT2D eigenvalue weighted by Gasteiger charge is -2.44. The predicted octanol–water partition coefficient (Wildman–Crippen LogP) is 2.43. The van der Waals surface area contributed by atoms with E-state index < -0.39 is 0 Å². The molecule has 1 unspecified atom stereocenters. The third kappa shape index (κ3) is 2.58. The van der Waals surface area contributed by atoms with E-state index in [-0.39, 0.29) is 5.82 Å². The van der Waals surface area contributed by atoms with Crippen LogP contribution in [0.15, 0.2) is 30.5 Å². The first-order valence-electron chi connectivity index (χ1n) is 7.66. The monoisotopic (exact) mass is 286 g/mol. The summed E-state index contributed by atoms with van der Waals surface area (Å²) in [6, 6.07) is 6.52. The Labute approximate surface area is 123 Å². The molecule has 21 heavy (non-hydrogen) atoms. The molecule has 0 saturated carbocycles. The van der Waals surface area contributed by atoms with Crippen molar-refractivity contribution in [3.63, 3.8) is 0 Å². The summed E-state index contributed by atoms with van der Waals surface area (Å²) in [7, 11) is 0. The molecule has 1 aromatic heterocycles. The Kier molecular flexibility index (Phi) is 3.22. The van der Waals surface area contributed by atoms with Crippen molar-refractivity contribution in [3.05, 3.63) is 36.3 Å². The third-order valence-corrected chi connectivity index (χ3v) is 4.87. The standard InChI is InChI=1S/C16H19FN4/c17-15-3-1-2-13(8-15)16-11-21(19-18-16)10-14-9-20-6-4-12(14)5-7-20/h1-3,8,11-12,14H,4-7,9-10H2. The molecule has 3 aliphatic heterocycles. The van der Waals surface area contributed by atoms with Gasteiger partial charge < -0.3 is 4.90 Å². The largest absolute Gasteiger partial charge is 0.303 e. The van der Waals surface area contributed by atoms with Crippen LogP contribution in [-0.2, 0) is 6.54 Å². The quantitative estimate of drug-likeness (QED) is 0.869. The summed E-state index contributed by atoms with van der Waals surface area (Å²) in [4.78, 5) is 2.55. The number of benzene rings is 1. The van der Waals surface area contributed by atoms with E-state index in [1.807, 2.05) is 16.9 Å². The summed E-state index contributed by atoms with van der Waals surface area (Å²) in [5.74, 6) is 1.27. The van der Waals surface area contributed by atoms with Crippen LogP contribution in [0.3, 0.4) is 0 Å². The molecular weight excluding hydrogens is 267 g/mol. The van der Waals surface area contributed by atoms with Crippen LogP contribution in [0, 0.1) is 17.7 Å². The maximum atomic E-state index is 13.3. The highest BCUT2D eigenvalue weighted by Crippen LogP contribution is 2.33. The first-order valence-corrected chi connectivity index (χ1v) is 7.66. The van der Waals surface area contributed by atoms with Gasteiger partial charge >= 0.3 is 0 Å². The van der Waals surface area contributed by atoms with Crippen molar-refractivity contribution in [3.8, 4) is 11.3 Å². The van der Waals surface area contributed by atoms with E-state index in [0.29, 0.717) is 5.92 Å². The van der Waals surface area contributed by atoms with Crippen LogP contribution in [0.25, 0.3) is 11.3 Å². The summed E-state index contributed by atoms with van der Waals surface area (Å²) in [5.41, 5.74) is 1.53. The molecule has 3 aliphatic rings. The predicted molar refractivity (Wildman–Crippen MR) is 78.1 cm³/mol. The highest BCUT2D eigenvalue weighted by Gasteiger charge is 2.34. The fraction of sp³-hybridized carbons (Fsp3) is 0.500. The molecule has 3 fully saturated rings. The van der Waals surface area contributed by atoms with Crippen molar-refractivity contribution >= 4 is 0 Å². The van der Waals surface area contributed by atoms with Gasteiger partial charge in [0.2, 0.25) is 0 Å². The molecule has 3 saturated heterocycles. The molecule has 2 aromatic rings. The van der Waals surface area contributed by atoms with Crippen molar-refractivity contribution in [2.24, 2.45) is 11.8 Å². The summed E-state index contributed by atoms with van der Waals surface area (Å²) in [5, 5.41) is 8.41. The number of nitrogens with zero attached hydrogens (tertiary/aromatic N) is 4. The topological polar surface area (TPSA) is 34.0 Å². The van der Waals surface area contributed by atoms with E-state index in [1.165, 1.54) is 44.6 Å². The van der Waals surface area contributed by atoms with Gasteiger partial charge in [-0.1, -0.05) is 17.3 Å². The van der Waals surface area contributed by atoms with Gasteiger partial charge in [0.25, 0.3) is 0 Å². The molecule has 0 radical (unpaired) electrons. The highest BCUT2D eigenvalue weighted by atomic mass is 19.1. The van der Waals surface area contributed by atoms with E-state index in [2.05, 4.69) is 15.2 Å². The lowest BCUT2D eigenvalue weighted by molar-refractivity contribution is 0.0402. The van der Waals surface area contributed by atoms with Crippen LogP contribution in [0.1, 0.15) is 12.8 Å². The molecule has 0 amide bonds. The minimum absolute atomic E-state index is 0.237. The summed E-state index contributed by atoms with van der Waals surface area (Å²) in [6.07, 6.45) is 4.57. The van der Waals surface area contributed by atoms with E-state index in [4.69, 9.17) is 0 Å². The maximum absolute atomic E-state index is 13.3. The van der Waals surface area contributed by atoms with Crippen LogP contribution in [0.2, 0.25) is 0 Å². The highest BCUT2D eigenvalue weighted by molar-refractivity contribution is 5.57. The van der Waals surface area contributed by atoms with Gasteiger partial charge in [-0.3, -0.25) is 4.68 Å². The molecule has 1 atom stereocenters. The van der Waals surface area contributed by atoms with Crippen LogP contribution in [0.4, 0.5) is 4.39 Å². The Morgan fingerprint density at radius 2 is 2.10 bits per heavy atom. The molecule has 0 spiro atoms. The second kappa shape index (κ2) is 5.22. The maximum Gasteiger partial charge on any atom is 0.123 e. The van der Waals surface area contributed by atoms with Crippen molar-refractivity contribution in [1.29, 1.82) is 0 Å². The minimum atomic E-state index is -0.237. The van der Waals surface area contributed by atoms with Gasteiger partial charge in [0.05, 0.1) is 6.20 Å². The number of hydrogen-bond donors (Lipinski definition) is 0. The number of rotatable bonds is 3. The van der Waals surface area contributed by atoms with Crippen molar-refractivity contribution in [2.45, 2.75) is 19.4 Å². The molecular formula is C16H19FN4. The second-order valence-electron chi connectivity index (χ2n) is 6.23. The molecule has 2 bridgehead atoms. The smallest absolute Gasteiger partial charge is 0.123 e. The van der Waals surface area contributed by atoms with Crippen LogP contribution in [0.5, 0.6) is 0 Å². The van der Waals surface area contributed by atoms with Crippen LogP contribution < -0.4 is 0 Å². The Hall–Kier alpha value is -1.75. The molecule has 0 aliphatic carbocycles. The fourth-order valence-corrected chi connectivity index (χ4v) is 3.70. The zero-order chi connectivity index (χ0) is 14.2. The molecule has 110 valence electrons. The average molecular weight is 286 g/mol. The molecule has 5 heteroatoms. The van der Waals surface area contributed by atoms with Gasteiger partial charge in [0, 0.05) is 18.7 Å². The van der Waals surface area contributed by atoms with Gasteiger partial charge in [-0.25, -0.2) is 4.39 Å². The third-order valence-electron chi connectivity index (χ3n) is 4.87. The van der Waals surface area contributed by atoms with Crippen LogP contribution in [-0.4, -0.2) is 39.5 Å². The minimum Gasteiger partial charge on any atom is -0.303 e. The van der Waals surface area contributed by atoms with E-state index in [9.17, 15) is 4.39 Å². The summed E-state index contributed by atoms with van der Waals surface area (Å²) < 4.78 is 15.2. The van der Waals surface area contributed by atoms with Gasteiger partial charge in [0.15, 0.2) is 0 Å². The molecule has 5 rings (SSSR count). The van der Waals surface area contributed by atoms with Gasteiger partial charge in [0.1, 0.15) is 11.5 Å². The Bertz CT molecular complexity index is 631. The van der Waals surface area contributed by atoms with Crippen LogP contribution >= 0.6 is 0 Å². The normalized spacial score (nSPS) is 28.0. The van der Waals surface area contributed by atoms with Crippen molar-refractivity contribution < 1.29 is 4.39 Å². The lowest BCUT2D eigenvalue weighted by atomic mass is 9.79. The Morgan fingerprint density at radius 1 is 1.24 bits per heavy atom. The molecule has 1 aromatic carbocycles. The van der Waals surface area contributed by atoms with Crippen molar-refractivity contribution in [1.82, 2.24) is 19.9 Å². The number of fused-ring (bicyclic) bond motifs is 3. The first kappa shape index (κ1) is 13.0. The van der Waals surface area contributed by atoms with Gasteiger partial charge in [-0.2, -0.15) is 0 Å². The molecule has 4 heterocycles. The Balaban J connectivity index is 1.50. The second-order valence-corrected chi connectivity index (χ2v) is 6.23. The number of halogens is 1. The summed E-state index contributed by atoms with van der Waals surface area (Å²) >= 11 is 0. The van der Waals surface area contributed by atoms with E-state index in [1.54, 1.807) is 6.07 Å². The Morgan fingerprint density at radius 3 is 2.81 bits per heavy atom. The first-order chi connectivity index (χ1) is 10.3. The number of piperidine rings is 3. The van der Waals surface area contributed by atoms with E-state index >= 15 is 0 Å². The fourth-order valence-electron chi connectivity index (χ4n) is 3.70. The zero-order valence-electron chi connectivity index (χ0n) is 12.0. The van der Waals surface area contributed by atoms with E-state index in [0.717, 1.165) is 23.7 Å². The average Bonchev–Trinajstić information content (AvgIpc) is 2.97. The molecule has 4 nitrogen and oxygen atoms in total. The zero-order valence-corrected chi connectivity index (χ0v) is 12.0. The number of hydrogen-bond acceptors (Lipinski definition) is 3. The summed E-state index contributed by atoms with van der Waals surface area (Å²) in [6.45, 7) is 4.61. The number of aromatic nitrogens is 3. The SMILES string of the molecule is Fc1cccc(-c2cn(CC3CN4CCC3CC4)nn2)c1. The van der Waals surface area contributed by atoms with Gasteiger partial charge in [-0.15, -0.1) is 5.10 Å². The van der Waals surface area contributed by atoms with Gasteiger partial charge in [-0.05, 0) is 49.9 Å². The van der Waals surface area contributed by atoms with Crippen molar-refractivity contribution in [2.75, 3.05) is 19.6 Å². The lowest BCUT2D eigenvalue weighted by Crippen LogP contribution is -2.48. The molecule has 0 N–H and O–H groups in total.